The lowest BCUT2D eigenvalue weighted by molar-refractivity contribution is -0.141. The predicted molar refractivity (Wildman–Crippen MR) is 103 cm³/mol. The molecular formula is C21H26N4O2. The third kappa shape index (κ3) is 2.35. The summed E-state index contributed by atoms with van der Waals surface area (Å²) in [5.41, 5.74) is 2.18. The van der Waals surface area contributed by atoms with E-state index < -0.39 is 0 Å². The van der Waals surface area contributed by atoms with Crippen LogP contribution in [-0.4, -0.2) is 51.2 Å². The number of carbonyl (C=O) groups excluding carboxylic acids is 1. The standard InChI is InChI=1S/C21H26N4O2/c1-2-9-25-17-5-3-8-22-19(17)24-10-4-6-18(24)21(25)7-11-23(14-21)20(27)15-12-16(26)13-15/h3-6,8,10,15-16,26H,2,7,9,11-14H2,1H3. The van der Waals surface area contributed by atoms with Gasteiger partial charge in [-0.2, -0.15) is 0 Å². The van der Waals surface area contributed by atoms with E-state index in [0.29, 0.717) is 19.4 Å². The Morgan fingerprint density at radius 1 is 1.33 bits per heavy atom. The van der Waals surface area contributed by atoms with Crippen LogP contribution in [0, 0.1) is 5.92 Å². The van der Waals surface area contributed by atoms with Gasteiger partial charge in [0.05, 0.1) is 17.5 Å². The van der Waals surface area contributed by atoms with E-state index in [4.69, 9.17) is 0 Å². The quantitative estimate of drug-likeness (QED) is 0.905. The number of hydrogen-bond donors (Lipinski definition) is 1. The molecule has 1 spiro atoms. The minimum atomic E-state index is -0.294. The van der Waals surface area contributed by atoms with Crippen molar-refractivity contribution < 1.29 is 9.90 Å². The van der Waals surface area contributed by atoms with E-state index in [1.54, 1.807) is 0 Å². The summed E-state index contributed by atoms with van der Waals surface area (Å²) in [6.07, 6.45) is 6.83. The Bertz CT molecular complexity index is 873. The first kappa shape index (κ1) is 16.8. The van der Waals surface area contributed by atoms with Crippen molar-refractivity contribution >= 4 is 11.6 Å². The van der Waals surface area contributed by atoms with Crippen molar-refractivity contribution in [1.82, 2.24) is 14.5 Å². The van der Waals surface area contributed by atoms with Crippen molar-refractivity contribution in [3.05, 3.63) is 42.4 Å². The molecule has 2 aromatic rings. The fourth-order valence-corrected chi connectivity index (χ4v) is 5.12. The lowest BCUT2D eigenvalue weighted by Crippen LogP contribution is -2.53. The summed E-state index contributed by atoms with van der Waals surface area (Å²) < 4.78 is 2.20. The van der Waals surface area contributed by atoms with Gasteiger partial charge in [0.2, 0.25) is 5.91 Å². The van der Waals surface area contributed by atoms with Gasteiger partial charge in [-0.3, -0.25) is 4.79 Å². The Morgan fingerprint density at radius 2 is 2.19 bits per heavy atom. The predicted octanol–water partition coefficient (Wildman–Crippen LogP) is 2.30. The summed E-state index contributed by atoms with van der Waals surface area (Å²) >= 11 is 0. The molecule has 2 aromatic heterocycles. The number of amides is 1. The fourth-order valence-electron chi connectivity index (χ4n) is 5.12. The number of fused-ring (bicyclic) bond motifs is 4. The Kier molecular flexibility index (Phi) is 3.79. The molecule has 3 aliphatic rings. The SMILES string of the molecule is CCCN1c2cccnc2-n2cccc2C12CCN(C(=O)C1CC(O)C1)C2. The minimum absolute atomic E-state index is 0.000829. The van der Waals surface area contributed by atoms with Crippen LogP contribution in [0.5, 0.6) is 0 Å². The van der Waals surface area contributed by atoms with Crippen molar-refractivity contribution in [2.45, 2.75) is 44.2 Å². The van der Waals surface area contributed by atoms with Crippen LogP contribution in [0.15, 0.2) is 36.7 Å². The normalized spacial score (nSPS) is 28.8. The van der Waals surface area contributed by atoms with Crippen molar-refractivity contribution in [3.8, 4) is 5.82 Å². The lowest BCUT2D eigenvalue weighted by atomic mass is 9.81. The van der Waals surface area contributed by atoms with Crippen LogP contribution in [0.2, 0.25) is 0 Å². The molecule has 5 rings (SSSR count). The number of hydrogen-bond acceptors (Lipinski definition) is 4. The molecule has 0 aromatic carbocycles. The summed E-state index contributed by atoms with van der Waals surface area (Å²) in [4.78, 5) is 22.1. The molecule has 1 unspecified atom stereocenters. The van der Waals surface area contributed by atoms with Crippen LogP contribution < -0.4 is 4.90 Å². The summed E-state index contributed by atoms with van der Waals surface area (Å²) in [7, 11) is 0. The molecular weight excluding hydrogens is 340 g/mol. The van der Waals surface area contributed by atoms with Gasteiger partial charge >= 0.3 is 0 Å². The third-order valence-electron chi connectivity index (χ3n) is 6.50. The Balaban J connectivity index is 1.54. The van der Waals surface area contributed by atoms with E-state index in [9.17, 15) is 9.90 Å². The zero-order chi connectivity index (χ0) is 18.6. The highest BCUT2D eigenvalue weighted by atomic mass is 16.3. The Labute approximate surface area is 159 Å². The molecule has 2 aliphatic heterocycles. The maximum absolute atomic E-state index is 12.9. The van der Waals surface area contributed by atoms with Crippen LogP contribution in [-0.2, 0) is 10.3 Å². The second-order valence-corrected chi connectivity index (χ2v) is 8.12. The molecule has 1 saturated carbocycles. The number of aromatic nitrogens is 2. The molecule has 142 valence electrons. The molecule has 0 radical (unpaired) electrons. The Morgan fingerprint density at radius 3 is 2.96 bits per heavy atom. The molecule has 2 fully saturated rings. The van der Waals surface area contributed by atoms with Gasteiger partial charge in [0.1, 0.15) is 5.54 Å². The molecule has 1 aliphatic carbocycles. The van der Waals surface area contributed by atoms with E-state index >= 15 is 0 Å². The van der Waals surface area contributed by atoms with Crippen LogP contribution >= 0.6 is 0 Å². The van der Waals surface area contributed by atoms with Gasteiger partial charge < -0.3 is 19.5 Å². The Hall–Kier alpha value is -2.34. The highest BCUT2D eigenvalue weighted by Gasteiger charge is 2.51. The average molecular weight is 366 g/mol. The molecule has 1 atom stereocenters. The lowest BCUT2D eigenvalue weighted by Gasteiger charge is -2.47. The van der Waals surface area contributed by atoms with Gasteiger partial charge in [-0.05, 0) is 49.9 Å². The zero-order valence-corrected chi connectivity index (χ0v) is 15.7. The number of anilines is 1. The van der Waals surface area contributed by atoms with Crippen LogP contribution in [0.1, 0.15) is 38.3 Å². The zero-order valence-electron chi connectivity index (χ0n) is 15.7. The molecule has 0 bridgehead atoms. The highest BCUT2D eigenvalue weighted by molar-refractivity contribution is 5.81. The van der Waals surface area contributed by atoms with Crippen molar-refractivity contribution in [3.63, 3.8) is 0 Å². The van der Waals surface area contributed by atoms with Gasteiger partial charge in [0, 0.05) is 37.9 Å². The maximum Gasteiger partial charge on any atom is 0.225 e. The first-order valence-electron chi connectivity index (χ1n) is 10.0. The fraction of sp³-hybridized carbons (Fsp3) is 0.524. The van der Waals surface area contributed by atoms with E-state index in [1.165, 1.54) is 5.69 Å². The molecule has 4 heterocycles. The maximum atomic E-state index is 12.9. The molecule has 1 amide bonds. The number of aliphatic hydroxyl groups excluding tert-OH is 1. The monoisotopic (exact) mass is 366 g/mol. The molecule has 1 N–H and O–H groups in total. The topological polar surface area (TPSA) is 61.6 Å². The summed E-state index contributed by atoms with van der Waals surface area (Å²) in [5, 5.41) is 9.59. The summed E-state index contributed by atoms with van der Waals surface area (Å²) in [6.45, 7) is 4.61. The number of aliphatic hydroxyl groups is 1. The molecule has 6 heteroatoms. The number of nitrogens with zero attached hydrogens (tertiary/aromatic N) is 4. The number of likely N-dealkylation sites (tertiary alicyclic amines) is 1. The largest absolute Gasteiger partial charge is 0.393 e. The van der Waals surface area contributed by atoms with E-state index in [0.717, 1.165) is 37.4 Å². The second kappa shape index (κ2) is 6.09. The number of pyridine rings is 1. The first-order valence-corrected chi connectivity index (χ1v) is 10.0. The van der Waals surface area contributed by atoms with Gasteiger partial charge in [-0.15, -0.1) is 0 Å². The van der Waals surface area contributed by atoms with Gasteiger partial charge in [0.25, 0.3) is 0 Å². The van der Waals surface area contributed by atoms with Gasteiger partial charge in [-0.1, -0.05) is 6.92 Å². The van der Waals surface area contributed by atoms with Crippen molar-refractivity contribution in [2.75, 3.05) is 24.5 Å². The third-order valence-corrected chi connectivity index (χ3v) is 6.50. The smallest absolute Gasteiger partial charge is 0.225 e. The van der Waals surface area contributed by atoms with Crippen LogP contribution in [0.25, 0.3) is 5.82 Å². The molecule has 27 heavy (non-hydrogen) atoms. The molecule has 6 nitrogen and oxygen atoms in total. The minimum Gasteiger partial charge on any atom is -0.393 e. The average Bonchev–Trinajstić information content (AvgIpc) is 3.31. The second-order valence-electron chi connectivity index (χ2n) is 8.12. The van der Waals surface area contributed by atoms with E-state index in [1.807, 2.05) is 17.2 Å². The van der Waals surface area contributed by atoms with Crippen molar-refractivity contribution in [1.29, 1.82) is 0 Å². The van der Waals surface area contributed by atoms with E-state index in [-0.39, 0.29) is 23.5 Å². The van der Waals surface area contributed by atoms with Crippen molar-refractivity contribution in [2.24, 2.45) is 5.92 Å². The van der Waals surface area contributed by atoms with Gasteiger partial charge in [-0.25, -0.2) is 4.98 Å². The molecule has 1 saturated heterocycles. The highest BCUT2D eigenvalue weighted by Crippen LogP contribution is 2.47. The van der Waals surface area contributed by atoms with Gasteiger partial charge in [0.15, 0.2) is 5.82 Å². The number of carbonyl (C=O) groups is 1. The van der Waals surface area contributed by atoms with Crippen LogP contribution in [0.3, 0.4) is 0 Å². The number of rotatable bonds is 3. The first-order chi connectivity index (χ1) is 13.1. The summed E-state index contributed by atoms with van der Waals surface area (Å²) in [5.74, 6) is 1.19. The van der Waals surface area contributed by atoms with Crippen LogP contribution in [0.4, 0.5) is 5.69 Å². The summed E-state index contributed by atoms with van der Waals surface area (Å²) in [6, 6.07) is 8.41. The van der Waals surface area contributed by atoms with E-state index in [2.05, 4.69) is 45.8 Å².